The van der Waals surface area contributed by atoms with E-state index in [0.29, 0.717) is 19.6 Å². The maximum atomic E-state index is 13.1. The van der Waals surface area contributed by atoms with Crippen LogP contribution in [0.4, 0.5) is 13.2 Å². The van der Waals surface area contributed by atoms with Crippen LogP contribution in [0.25, 0.3) is 0 Å². The topological polar surface area (TPSA) is 34.0 Å². The Labute approximate surface area is 139 Å². The van der Waals surface area contributed by atoms with Crippen LogP contribution in [0.5, 0.6) is 0 Å². The molecule has 3 rings (SSSR count). The molecule has 0 amide bonds. The van der Waals surface area contributed by atoms with Crippen LogP contribution in [0.15, 0.2) is 30.5 Å². The molecule has 24 heavy (non-hydrogen) atoms. The van der Waals surface area contributed by atoms with E-state index in [9.17, 15) is 13.2 Å². The molecule has 0 saturated carbocycles. The second-order valence-corrected chi connectivity index (χ2v) is 6.34. The van der Waals surface area contributed by atoms with Crippen molar-refractivity contribution in [1.82, 2.24) is 19.9 Å². The summed E-state index contributed by atoms with van der Waals surface area (Å²) < 4.78 is 40.8. The largest absolute Gasteiger partial charge is 0.303 e. The van der Waals surface area contributed by atoms with Gasteiger partial charge < -0.3 is 4.90 Å². The van der Waals surface area contributed by atoms with Gasteiger partial charge in [0.1, 0.15) is 5.82 Å². The van der Waals surface area contributed by atoms with Gasteiger partial charge in [-0.25, -0.2) is 17.9 Å². The van der Waals surface area contributed by atoms with Gasteiger partial charge in [0.15, 0.2) is 0 Å². The highest BCUT2D eigenvalue weighted by Crippen LogP contribution is 2.27. The number of nitrogens with zero attached hydrogens (tertiary/aromatic N) is 4. The fourth-order valence-corrected chi connectivity index (χ4v) is 2.89. The molecule has 1 aromatic carbocycles. The Hall–Kier alpha value is -1.89. The second kappa shape index (κ2) is 7.34. The molecule has 1 aromatic heterocycles. The van der Waals surface area contributed by atoms with Crippen LogP contribution < -0.4 is 0 Å². The van der Waals surface area contributed by atoms with Crippen molar-refractivity contribution in [2.24, 2.45) is 0 Å². The molecule has 1 fully saturated rings. The Morgan fingerprint density at radius 2 is 1.79 bits per heavy atom. The SMILES string of the molecule is Fc1ccc(Cn2cc(CCCN3CCC(F)(F)CC3)nn2)cc1. The third-order valence-corrected chi connectivity index (χ3v) is 4.34. The lowest BCUT2D eigenvalue weighted by molar-refractivity contribution is -0.0551. The van der Waals surface area contributed by atoms with Gasteiger partial charge in [0.25, 0.3) is 5.92 Å². The van der Waals surface area contributed by atoms with E-state index in [0.717, 1.165) is 30.6 Å². The van der Waals surface area contributed by atoms with Gasteiger partial charge in [0, 0.05) is 32.1 Å². The van der Waals surface area contributed by atoms with E-state index in [1.807, 2.05) is 6.20 Å². The molecule has 0 N–H and O–H groups in total. The molecule has 0 radical (unpaired) electrons. The molecule has 130 valence electrons. The summed E-state index contributed by atoms with van der Waals surface area (Å²) in [6.07, 6.45) is 3.45. The highest BCUT2D eigenvalue weighted by molar-refractivity contribution is 5.16. The van der Waals surface area contributed by atoms with Crippen molar-refractivity contribution in [3.63, 3.8) is 0 Å². The Morgan fingerprint density at radius 3 is 2.50 bits per heavy atom. The predicted molar refractivity (Wildman–Crippen MR) is 84.5 cm³/mol. The Kier molecular flexibility index (Phi) is 5.18. The normalized spacial score (nSPS) is 18.0. The zero-order valence-electron chi connectivity index (χ0n) is 13.5. The summed E-state index contributed by atoms with van der Waals surface area (Å²) in [4.78, 5) is 2.08. The molecule has 1 saturated heterocycles. The van der Waals surface area contributed by atoms with Crippen molar-refractivity contribution in [2.45, 2.75) is 38.2 Å². The first-order valence-electron chi connectivity index (χ1n) is 8.24. The average molecular weight is 338 g/mol. The first-order chi connectivity index (χ1) is 11.5. The van der Waals surface area contributed by atoms with Crippen LogP contribution in [-0.2, 0) is 13.0 Å². The van der Waals surface area contributed by atoms with E-state index in [4.69, 9.17) is 0 Å². The highest BCUT2D eigenvalue weighted by Gasteiger charge is 2.33. The smallest absolute Gasteiger partial charge is 0.250 e. The molecule has 7 heteroatoms. The first-order valence-corrected chi connectivity index (χ1v) is 8.24. The maximum Gasteiger partial charge on any atom is 0.250 e. The zero-order valence-corrected chi connectivity index (χ0v) is 13.5. The quantitative estimate of drug-likeness (QED) is 0.811. The second-order valence-electron chi connectivity index (χ2n) is 6.34. The lowest BCUT2D eigenvalue weighted by Gasteiger charge is -2.31. The monoisotopic (exact) mass is 338 g/mol. The van der Waals surface area contributed by atoms with E-state index >= 15 is 0 Å². The number of rotatable bonds is 6. The van der Waals surface area contributed by atoms with Crippen LogP contribution in [0.2, 0.25) is 0 Å². The van der Waals surface area contributed by atoms with Crippen molar-refractivity contribution >= 4 is 0 Å². The summed E-state index contributed by atoms with van der Waals surface area (Å²) in [7, 11) is 0. The number of aryl methyl sites for hydroxylation is 1. The molecular formula is C17H21F3N4. The predicted octanol–water partition coefficient (Wildman–Crippen LogP) is 3.13. The van der Waals surface area contributed by atoms with E-state index in [1.165, 1.54) is 12.1 Å². The summed E-state index contributed by atoms with van der Waals surface area (Å²) in [5.41, 5.74) is 1.85. The number of piperidine rings is 1. The Balaban J connectivity index is 1.42. The van der Waals surface area contributed by atoms with Gasteiger partial charge in [-0.2, -0.15) is 0 Å². The molecule has 2 aromatic rings. The number of benzene rings is 1. The summed E-state index contributed by atoms with van der Waals surface area (Å²) in [5.74, 6) is -2.74. The van der Waals surface area contributed by atoms with Crippen molar-refractivity contribution in [1.29, 1.82) is 0 Å². The van der Waals surface area contributed by atoms with Gasteiger partial charge in [0.2, 0.25) is 0 Å². The fraction of sp³-hybridized carbons (Fsp3) is 0.529. The molecule has 0 atom stereocenters. The fourth-order valence-electron chi connectivity index (χ4n) is 2.89. The summed E-state index contributed by atoms with van der Waals surface area (Å²) in [5, 5.41) is 8.21. The van der Waals surface area contributed by atoms with Crippen LogP contribution in [-0.4, -0.2) is 45.5 Å². The number of hydrogen-bond donors (Lipinski definition) is 0. The summed E-state index contributed by atoms with van der Waals surface area (Å²) >= 11 is 0. The van der Waals surface area contributed by atoms with Crippen LogP contribution in [0.3, 0.4) is 0 Å². The van der Waals surface area contributed by atoms with Crippen molar-refractivity contribution in [2.75, 3.05) is 19.6 Å². The van der Waals surface area contributed by atoms with Gasteiger partial charge in [-0.15, -0.1) is 5.10 Å². The van der Waals surface area contributed by atoms with Crippen molar-refractivity contribution in [3.8, 4) is 0 Å². The molecule has 0 bridgehead atoms. The number of alkyl halides is 2. The lowest BCUT2D eigenvalue weighted by Crippen LogP contribution is -2.39. The first kappa shape index (κ1) is 17.0. The molecule has 0 unspecified atom stereocenters. The van der Waals surface area contributed by atoms with Crippen LogP contribution >= 0.6 is 0 Å². The molecule has 4 nitrogen and oxygen atoms in total. The summed E-state index contributed by atoms with van der Waals surface area (Å²) in [6.45, 7) is 2.28. The molecule has 0 aliphatic carbocycles. The van der Waals surface area contributed by atoms with Gasteiger partial charge in [-0.05, 0) is 37.1 Å². The summed E-state index contributed by atoms with van der Waals surface area (Å²) in [6, 6.07) is 6.30. The lowest BCUT2D eigenvalue weighted by atomic mass is 10.1. The van der Waals surface area contributed by atoms with Gasteiger partial charge >= 0.3 is 0 Å². The van der Waals surface area contributed by atoms with E-state index in [-0.39, 0.29) is 18.7 Å². The van der Waals surface area contributed by atoms with E-state index < -0.39 is 5.92 Å². The number of halogens is 3. The Morgan fingerprint density at radius 1 is 1.08 bits per heavy atom. The number of aromatic nitrogens is 3. The molecule has 1 aliphatic heterocycles. The standard InChI is InChI=1S/C17H21F3N4/c18-15-5-3-14(4-6-15)12-24-13-16(21-22-24)2-1-9-23-10-7-17(19,20)8-11-23/h3-6,13H,1-2,7-12H2. The van der Waals surface area contributed by atoms with Crippen molar-refractivity contribution in [3.05, 3.63) is 47.5 Å². The van der Waals surface area contributed by atoms with Gasteiger partial charge in [0.05, 0.1) is 12.2 Å². The maximum absolute atomic E-state index is 13.1. The van der Waals surface area contributed by atoms with E-state index in [2.05, 4.69) is 15.2 Å². The van der Waals surface area contributed by atoms with Crippen molar-refractivity contribution < 1.29 is 13.2 Å². The van der Waals surface area contributed by atoms with Crippen LogP contribution in [0, 0.1) is 5.82 Å². The number of likely N-dealkylation sites (tertiary alicyclic amines) is 1. The average Bonchev–Trinajstić information content (AvgIpc) is 2.99. The minimum atomic E-state index is -2.49. The molecular weight excluding hydrogens is 317 g/mol. The van der Waals surface area contributed by atoms with Gasteiger partial charge in [-0.3, -0.25) is 0 Å². The van der Waals surface area contributed by atoms with Crippen LogP contribution in [0.1, 0.15) is 30.5 Å². The molecule has 2 heterocycles. The minimum Gasteiger partial charge on any atom is -0.303 e. The number of hydrogen-bond acceptors (Lipinski definition) is 3. The zero-order chi connectivity index (χ0) is 17.0. The molecule has 0 spiro atoms. The Bertz CT molecular complexity index is 644. The third kappa shape index (κ3) is 4.80. The molecule has 1 aliphatic rings. The minimum absolute atomic E-state index is 0.0408. The van der Waals surface area contributed by atoms with Gasteiger partial charge in [-0.1, -0.05) is 17.3 Å². The highest BCUT2D eigenvalue weighted by atomic mass is 19.3. The third-order valence-electron chi connectivity index (χ3n) is 4.34. The van der Waals surface area contributed by atoms with E-state index in [1.54, 1.807) is 16.8 Å².